The number of para-hydroxylation sites is 2. The van der Waals surface area contributed by atoms with E-state index in [0.29, 0.717) is 33.8 Å². The summed E-state index contributed by atoms with van der Waals surface area (Å²) in [6, 6.07) is 21.1. The van der Waals surface area contributed by atoms with Crippen LogP contribution in [0.3, 0.4) is 0 Å². The fraction of sp³-hybridized carbons (Fsp3) is 0.115. The number of nitro groups is 1. The maximum absolute atomic E-state index is 13.2. The number of rotatable bonds is 8. The Balaban J connectivity index is 1.39. The second kappa shape index (κ2) is 10.0. The van der Waals surface area contributed by atoms with Crippen LogP contribution in [-0.4, -0.2) is 25.5 Å². The first-order chi connectivity index (χ1) is 17.5. The third kappa shape index (κ3) is 4.84. The predicted molar refractivity (Wildman–Crippen MR) is 140 cm³/mol. The van der Waals surface area contributed by atoms with Crippen LogP contribution in [-0.2, 0) is 17.0 Å². The average molecular weight is 500 g/mol. The van der Waals surface area contributed by atoms with E-state index < -0.39 is 4.92 Å². The molecular weight excluding hydrogens is 478 g/mol. The molecule has 3 aromatic carbocycles. The number of carbonyl (C=O) groups excluding carboxylic acids is 1. The number of amides is 1. The van der Waals surface area contributed by atoms with E-state index in [1.165, 1.54) is 28.6 Å². The van der Waals surface area contributed by atoms with Crippen LogP contribution < -0.4 is 11.0 Å². The summed E-state index contributed by atoms with van der Waals surface area (Å²) in [7, 11) is 0. The standard InChI is InChI=1S/C26H21N5O4S/c32-24(13-12-18-15-27-22-10-3-1-8-20(18)22)29-30-25(33)21-9-2-4-11-23(21)28-26(30)36-16-17-6-5-7-19(14-17)31(34)35/h1-11,14-15,27H,12-13,16H2,(H,29,32). The van der Waals surface area contributed by atoms with Gasteiger partial charge in [-0.15, -0.1) is 0 Å². The summed E-state index contributed by atoms with van der Waals surface area (Å²) in [6.07, 6.45) is 2.57. The van der Waals surface area contributed by atoms with Crippen LogP contribution in [0.2, 0.25) is 0 Å². The molecule has 5 aromatic rings. The topological polar surface area (TPSA) is 123 Å². The van der Waals surface area contributed by atoms with Crippen molar-refractivity contribution in [1.29, 1.82) is 0 Å². The van der Waals surface area contributed by atoms with Gasteiger partial charge in [0.1, 0.15) is 0 Å². The Bertz CT molecular complexity index is 1660. The molecule has 0 aliphatic rings. The Morgan fingerprint density at radius 3 is 2.67 bits per heavy atom. The maximum atomic E-state index is 13.2. The third-order valence-electron chi connectivity index (χ3n) is 5.77. The van der Waals surface area contributed by atoms with Gasteiger partial charge in [0.15, 0.2) is 5.16 Å². The molecule has 1 amide bonds. The van der Waals surface area contributed by atoms with Crippen molar-refractivity contribution in [3.05, 3.63) is 111 Å². The molecule has 2 N–H and O–H groups in total. The first-order valence-electron chi connectivity index (χ1n) is 11.2. The van der Waals surface area contributed by atoms with E-state index in [1.54, 1.807) is 36.4 Å². The van der Waals surface area contributed by atoms with Crippen molar-refractivity contribution in [3.63, 3.8) is 0 Å². The normalized spacial score (nSPS) is 11.1. The number of aryl methyl sites for hydroxylation is 1. The Hall–Kier alpha value is -4.44. The molecule has 0 saturated carbocycles. The average Bonchev–Trinajstić information content (AvgIpc) is 3.31. The fourth-order valence-electron chi connectivity index (χ4n) is 3.98. The van der Waals surface area contributed by atoms with E-state index in [2.05, 4.69) is 15.4 Å². The van der Waals surface area contributed by atoms with Crippen LogP contribution in [0, 0.1) is 10.1 Å². The summed E-state index contributed by atoms with van der Waals surface area (Å²) in [5.41, 5.74) is 5.54. The molecule has 180 valence electrons. The number of carbonyl (C=O) groups is 1. The SMILES string of the molecule is O=C(CCc1c[nH]c2ccccc12)Nn1c(SCc2cccc([N+](=O)[O-])c2)nc2ccccc2c1=O. The van der Waals surface area contributed by atoms with Crippen molar-refractivity contribution < 1.29 is 9.72 Å². The number of non-ortho nitro benzene ring substituents is 1. The van der Waals surface area contributed by atoms with E-state index >= 15 is 0 Å². The quantitative estimate of drug-likeness (QED) is 0.137. The fourth-order valence-corrected chi connectivity index (χ4v) is 4.88. The van der Waals surface area contributed by atoms with Crippen LogP contribution in [0.25, 0.3) is 21.8 Å². The summed E-state index contributed by atoms with van der Waals surface area (Å²) < 4.78 is 1.17. The zero-order valence-corrected chi connectivity index (χ0v) is 19.8. The number of aromatic amines is 1. The minimum absolute atomic E-state index is 0.0115. The summed E-state index contributed by atoms with van der Waals surface area (Å²) >= 11 is 1.22. The highest BCUT2D eigenvalue weighted by molar-refractivity contribution is 7.98. The van der Waals surface area contributed by atoms with Gasteiger partial charge in [-0.2, -0.15) is 4.68 Å². The van der Waals surface area contributed by atoms with Crippen LogP contribution >= 0.6 is 11.8 Å². The van der Waals surface area contributed by atoms with E-state index in [0.717, 1.165) is 16.5 Å². The Labute approximate surface area is 209 Å². The van der Waals surface area contributed by atoms with Crippen LogP contribution in [0.4, 0.5) is 5.69 Å². The molecule has 10 heteroatoms. The molecular formula is C26H21N5O4S. The summed E-state index contributed by atoms with van der Waals surface area (Å²) in [5.74, 6) is 0.00849. The van der Waals surface area contributed by atoms with Crippen LogP contribution in [0.15, 0.2) is 88.9 Å². The van der Waals surface area contributed by atoms with Crippen molar-refractivity contribution in [3.8, 4) is 0 Å². The molecule has 0 fully saturated rings. The highest BCUT2D eigenvalue weighted by Gasteiger charge is 2.15. The third-order valence-corrected chi connectivity index (χ3v) is 6.78. The van der Waals surface area contributed by atoms with Gasteiger partial charge in [0.2, 0.25) is 5.91 Å². The van der Waals surface area contributed by atoms with Gasteiger partial charge in [-0.1, -0.05) is 54.2 Å². The monoisotopic (exact) mass is 499 g/mol. The summed E-state index contributed by atoms with van der Waals surface area (Å²) in [6.45, 7) is 0. The molecule has 0 aliphatic carbocycles. The highest BCUT2D eigenvalue weighted by Crippen LogP contribution is 2.24. The number of fused-ring (bicyclic) bond motifs is 2. The van der Waals surface area contributed by atoms with Gasteiger partial charge in [-0.3, -0.25) is 25.1 Å². The Kier molecular flexibility index (Phi) is 6.50. The van der Waals surface area contributed by atoms with Crippen molar-refractivity contribution in [2.45, 2.75) is 23.8 Å². The Morgan fingerprint density at radius 1 is 1.06 bits per heavy atom. The van der Waals surface area contributed by atoms with E-state index in [-0.39, 0.29) is 23.6 Å². The number of aromatic nitrogens is 3. The number of benzene rings is 3. The van der Waals surface area contributed by atoms with Gasteiger partial charge in [-0.25, -0.2) is 4.98 Å². The molecule has 0 atom stereocenters. The second-order valence-electron chi connectivity index (χ2n) is 8.16. The molecule has 0 aliphatic heterocycles. The number of hydrogen-bond donors (Lipinski definition) is 2. The van der Waals surface area contributed by atoms with E-state index in [1.807, 2.05) is 30.5 Å². The number of H-pyrrole nitrogens is 1. The first kappa shape index (κ1) is 23.3. The van der Waals surface area contributed by atoms with Crippen molar-refractivity contribution in [2.75, 3.05) is 5.43 Å². The van der Waals surface area contributed by atoms with Gasteiger partial charge in [-0.05, 0) is 35.7 Å². The number of thioether (sulfide) groups is 1. The van der Waals surface area contributed by atoms with Gasteiger partial charge in [0, 0.05) is 41.4 Å². The van der Waals surface area contributed by atoms with Crippen molar-refractivity contribution >= 4 is 45.2 Å². The number of nitro benzene ring substituents is 1. The lowest BCUT2D eigenvalue weighted by Gasteiger charge is -2.14. The molecule has 2 heterocycles. The van der Waals surface area contributed by atoms with Gasteiger partial charge >= 0.3 is 0 Å². The number of hydrogen-bond acceptors (Lipinski definition) is 6. The van der Waals surface area contributed by atoms with Gasteiger partial charge < -0.3 is 4.98 Å². The minimum atomic E-state index is -0.452. The van der Waals surface area contributed by atoms with Crippen LogP contribution in [0.1, 0.15) is 17.5 Å². The number of nitrogens with one attached hydrogen (secondary N) is 2. The second-order valence-corrected chi connectivity index (χ2v) is 9.10. The lowest BCUT2D eigenvalue weighted by molar-refractivity contribution is -0.384. The Morgan fingerprint density at radius 2 is 1.83 bits per heavy atom. The largest absolute Gasteiger partial charge is 0.361 e. The van der Waals surface area contributed by atoms with Crippen molar-refractivity contribution in [2.24, 2.45) is 0 Å². The molecule has 5 rings (SSSR count). The molecule has 0 saturated heterocycles. The van der Waals surface area contributed by atoms with E-state index in [9.17, 15) is 19.7 Å². The zero-order chi connectivity index (χ0) is 25.1. The zero-order valence-electron chi connectivity index (χ0n) is 19.0. The lowest BCUT2D eigenvalue weighted by atomic mass is 10.1. The molecule has 9 nitrogen and oxygen atoms in total. The smallest absolute Gasteiger partial charge is 0.281 e. The lowest BCUT2D eigenvalue weighted by Crippen LogP contribution is -2.35. The molecule has 2 aromatic heterocycles. The molecule has 0 radical (unpaired) electrons. The summed E-state index contributed by atoms with van der Waals surface area (Å²) in [4.78, 5) is 44.6. The maximum Gasteiger partial charge on any atom is 0.281 e. The van der Waals surface area contributed by atoms with Crippen LogP contribution in [0.5, 0.6) is 0 Å². The predicted octanol–water partition coefficient (Wildman–Crippen LogP) is 4.78. The number of nitrogens with zero attached hydrogens (tertiary/aromatic N) is 3. The highest BCUT2D eigenvalue weighted by atomic mass is 32.2. The minimum Gasteiger partial charge on any atom is -0.361 e. The first-order valence-corrected chi connectivity index (χ1v) is 12.2. The molecule has 0 bridgehead atoms. The molecule has 0 spiro atoms. The van der Waals surface area contributed by atoms with Gasteiger partial charge in [0.25, 0.3) is 11.2 Å². The molecule has 0 unspecified atom stereocenters. The van der Waals surface area contributed by atoms with Gasteiger partial charge in [0.05, 0.1) is 15.8 Å². The van der Waals surface area contributed by atoms with Crippen molar-refractivity contribution in [1.82, 2.24) is 14.6 Å². The molecule has 36 heavy (non-hydrogen) atoms. The van der Waals surface area contributed by atoms with E-state index in [4.69, 9.17) is 0 Å². The summed E-state index contributed by atoms with van der Waals surface area (Å²) in [5, 5.41) is 12.8.